The smallest absolute Gasteiger partial charge is 0.253 e. The van der Waals surface area contributed by atoms with Crippen LogP contribution in [0.4, 0.5) is 0 Å². The Bertz CT molecular complexity index is 2980. The zero-order valence-corrected chi connectivity index (χ0v) is 50.9. The summed E-state index contributed by atoms with van der Waals surface area (Å²) in [6.07, 6.45) is 17.2. The van der Waals surface area contributed by atoms with Gasteiger partial charge in [-0.3, -0.25) is 38.7 Å². The lowest BCUT2D eigenvalue weighted by Gasteiger charge is -2.32. The van der Waals surface area contributed by atoms with E-state index in [1.165, 1.54) is 0 Å². The molecule has 0 bridgehead atoms. The molecule has 19 heteroatoms. The van der Waals surface area contributed by atoms with Crippen molar-refractivity contribution in [2.45, 2.75) is 143 Å². The SMILES string of the molecule is CCOCCCCC(=O)c1cn(-c2cncc([C@@H]3CCCN3C(=O)[C@@H](NC(=O)[C@H](C)NC)C(C)C)c2)c2ccccc12.CCOCCCNC(=O)c1cn(-c2cncc([C@@H]3CCCN3C(=O)[C@@H](NC(=O)[C@H](C)NC)C(C)C)c2)c2ccccc12. The van der Waals surface area contributed by atoms with Gasteiger partial charge in [-0.15, -0.1) is 0 Å². The molecule has 0 unspecified atom stereocenters. The van der Waals surface area contributed by atoms with E-state index in [2.05, 4.69) is 42.6 Å². The summed E-state index contributed by atoms with van der Waals surface area (Å²) in [6.45, 7) is 19.7. The number of benzene rings is 2. The first-order valence-corrected chi connectivity index (χ1v) is 30.2. The van der Waals surface area contributed by atoms with E-state index in [4.69, 9.17) is 9.47 Å². The van der Waals surface area contributed by atoms with Crippen LogP contribution in [0.2, 0.25) is 0 Å². The molecule has 6 heterocycles. The fraction of sp³-hybridized carbons (Fsp3) is 0.508. The highest BCUT2D eigenvalue weighted by atomic mass is 16.5. The summed E-state index contributed by atoms with van der Waals surface area (Å²) in [5.74, 6) is -0.674. The number of nitrogens with one attached hydrogen (secondary N) is 5. The van der Waals surface area contributed by atoms with Gasteiger partial charge < -0.3 is 55.0 Å². The number of para-hydroxylation sites is 2. The van der Waals surface area contributed by atoms with E-state index >= 15 is 0 Å². The van der Waals surface area contributed by atoms with E-state index in [9.17, 15) is 28.8 Å². The molecule has 0 saturated carbocycles. The molecular weight excluding hydrogens is 1060 g/mol. The number of hydrogen-bond acceptors (Lipinski definition) is 12. The van der Waals surface area contributed by atoms with Crippen LogP contribution in [0.15, 0.2) is 97.8 Å². The lowest BCUT2D eigenvalue weighted by Crippen LogP contribution is -2.54. The van der Waals surface area contributed by atoms with Gasteiger partial charge in [0.1, 0.15) is 12.1 Å². The second kappa shape index (κ2) is 31.0. The van der Waals surface area contributed by atoms with E-state index in [1.54, 1.807) is 40.3 Å². The number of amides is 5. The largest absolute Gasteiger partial charge is 0.382 e. The van der Waals surface area contributed by atoms with Crippen molar-refractivity contribution in [1.82, 2.24) is 55.5 Å². The molecule has 19 nitrogen and oxygen atoms in total. The highest BCUT2D eigenvalue weighted by Gasteiger charge is 2.38. The van der Waals surface area contributed by atoms with Crippen molar-refractivity contribution in [2.75, 3.05) is 60.2 Å². The van der Waals surface area contributed by atoms with Crippen molar-refractivity contribution in [2.24, 2.45) is 11.8 Å². The van der Waals surface area contributed by atoms with Gasteiger partial charge in [0.15, 0.2) is 5.78 Å². The summed E-state index contributed by atoms with van der Waals surface area (Å²) < 4.78 is 14.8. The Morgan fingerprint density at radius 2 is 1.05 bits per heavy atom. The number of hydrogen-bond donors (Lipinski definition) is 5. The standard InChI is InChI=1S/C33H45N5O4.C32H44N6O4/c1-6-42-17-10-9-15-30(39)27-21-38(29-13-8-7-12-26(27)29)25-18-24(19-35-20-25)28-14-11-16-37(28)33(41)31(22(2)3)36-32(40)23(4)34-5;1-6-42-16-10-14-35-31(40)26-20-38(28-12-8-7-11-25(26)28)24-17-23(18-34-19-24)27-13-9-15-37(27)32(41)29(21(2)3)36-30(39)22(4)33-5/h7-8,12-13,18-23,28,31,34H,6,9-11,14-17H2,1-5H3,(H,36,40);7-8,11-12,17-22,27,29,33H,6,9-10,13-16H2,1-5H3,(H,35,40)(H,36,39)/t23-,28-,31-;22-,27-,29-/m00/s1. The predicted molar refractivity (Wildman–Crippen MR) is 328 cm³/mol. The van der Waals surface area contributed by atoms with Gasteiger partial charge >= 0.3 is 0 Å². The number of unbranched alkanes of at least 4 members (excludes halogenated alkanes) is 1. The zero-order chi connectivity index (χ0) is 60.5. The van der Waals surface area contributed by atoms with Gasteiger partial charge in [-0.1, -0.05) is 64.1 Å². The van der Waals surface area contributed by atoms with Crippen LogP contribution in [0.1, 0.15) is 151 Å². The number of pyridine rings is 2. The van der Waals surface area contributed by atoms with Gasteiger partial charge in [-0.25, -0.2) is 0 Å². The maximum atomic E-state index is 13.8. The van der Waals surface area contributed by atoms with E-state index in [0.717, 1.165) is 89.3 Å². The first-order valence-electron chi connectivity index (χ1n) is 30.2. The number of ether oxygens (including phenoxy) is 2. The van der Waals surface area contributed by atoms with E-state index < -0.39 is 24.2 Å². The molecule has 0 spiro atoms. The number of carbonyl (C=O) groups excluding carboxylic acids is 6. The number of fused-ring (bicyclic) bond motifs is 2. The Labute approximate surface area is 495 Å². The van der Waals surface area contributed by atoms with Crippen LogP contribution in [-0.4, -0.2) is 149 Å². The summed E-state index contributed by atoms with van der Waals surface area (Å²) >= 11 is 0. The highest BCUT2D eigenvalue weighted by molar-refractivity contribution is 6.09. The number of likely N-dealkylation sites (tertiary alicyclic amines) is 2. The van der Waals surface area contributed by atoms with Crippen LogP contribution in [0.5, 0.6) is 0 Å². The quantitative estimate of drug-likeness (QED) is 0.0242. The summed E-state index contributed by atoms with van der Waals surface area (Å²) in [6, 6.07) is 17.6. The Kier molecular flexibility index (Phi) is 23.7. The minimum absolute atomic E-state index is 0.0578. The Hall–Kier alpha value is -7.32. The maximum Gasteiger partial charge on any atom is 0.253 e. The third kappa shape index (κ3) is 15.7. The van der Waals surface area contributed by atoms with Crippen molar-refractivity contribution < 1.29 is 38.2 Å². The van der Waals surface area contributed by atoms with Crippen LogP contribution in [0.3, 0.4) is 0 Å². The van der Waals surface area contributed by atoms with Gasteiger partial charge in [0.2, 0.25) is 23.6 Å². The number of Topliss-reactive ketones (excluding diaryl/α,β-unsaturated/α-hetero) is 1. The molecule has 4 aromatic heterocycles. The highest BCUT2D eigenvalue weighted by Crippen LogP contribution is 2.37. The summed E-state index contributed by atoms with van der Waals surface area (Å²) in [5.41, 5.74) is 6.66. The van der Waals surface area contributed by atoms with Gasteiger partial charge in [0.25, 0.3) is 5.91 Å². The topological polar surface area (TPSA) is 223 Å². The number of aromatic nitrogens is 4. The third-order valence-corrected chi connectivity index (χ3v) is 16.1. The van der Waals surface area contributed by atoms with Crippen molar-refractivity contribution in [1.29, 1.82) is 0 Å². The number of likely N-dealkylation sites (N-methyl/N-ethyl adjacent to an activating group) is 2. The molecule has 2 aliphatic heterocycles. The van der Waals surface area contributed by atoms with E-state index in [1.807, 2.05) is 140 Å². The Morgan fingerprint density at radius 1 is 0.595 bits per heavy atom. The molecule has 452 valence electrons. The zero-order valence-electron chi connectivity index (χ0n) is 50.9. The normalized spacial score (nSPS) is 16.6. The first kappa shape index (κ1) is 64.2. The monoisotopic (exact) mass is 1150 g/mol. The molecule has 8 rings (SSSR count). The van der Waals surface area contributed by atoms with Crippen molar-refractivity contribution in [3.05, 3.63) is 120 Å². The molecular formula is C65H89N11O8. The molecule has 6 atom stereocenters. The van der Waals surface area contributed by atoms with Crippen LogP contribution in [0, 0.1) is 11.8 Å². The van der Waals surface area contributed by atoms with Crippen LogP contribution < -0.4 is 26.6 Å². The Balaban J connectivity index is 0.000000241. The number of rotatable bonds is 27. The molecule has 2 aliphatic rings. The second-order valence-corrected chi connectivity index (χ2v) is 22.6. The van der Waals surface area contributed by atoms with Crippen molar-refractivity contribution in [3.63, 3.8) is 0 Å². The summed E-state index contributed by atoms with van der Waals surface area (Å²) in [4.78, 5) is 92.1. The van der Waals surface area contributed by atoms with E-state index in [-0.39, 0.29) is 59.2 Å². The van der Waals surface area contributed by atoms with Gasteiger partial charge in [-0.05, 0) is 134 Å². The summed E-state index contributed by atoms with van der Waals surface area (Å²) in [7, 11) is 3.45. The van der Waals surface area contributed by atoms with E-state index in [0.29, 0.717) is 63.6 Å². The fourth-order valence-electron chi connectivity index (χ4n) is 11.0. The molecule has 0 aliphatic carbocycles. The lowest BCUT2D eigenvalue weighted by atomic mass is 10.00. The molecule has 0 radical (unpaired) electrons. The van der Waals surface area contributed by atoms with Crippen LogP contribution in [-0.2, 0) is 28.7 Å². The van der Waals surface area contributed by atoms with Crippen LogP contribution >= 0.6 is 0 Å². The molecule has 84 heavy (non-hydrogen) atoms. The average molecular weight is 1150 g/mol. The molecule has 2 fully saturated rings. The minimum atomic E-state index is -0.618. The molecule has 5 amide bonds. The Morgan fingerprint density at radius 3 is 1.51 bits per heavy atom. The molecule has 2 saturated heterocycles. The number of ketones is 1. The lowest BCUT2D eigenvalue weighted by molar-refractivity contribution is -0.139. The maximum absolute atomic E-state index is 13.8. The molecule has 5 N–H and O–H groups in total. The van der Waals surface area contributed by atoms with Gasteiger partial charge in [0, 0.05) is 93.6 Å². The van der Waals surface area contributed by atoms with Gasteiger partial charge in [-0.2, -0.15) is 0 Å². The second-order valence-electron chi connectivity index (χ2n) is 22.6. The predicted octanol–water partition coefficient (Wildman–Crippen LogP) is 8.42. The van der Waals surface area contributed by atoms with Gasteiger partial charge in [0.05, 0.1) is 64.5 Å². The third-order valence-electron chi connectivity index (χ3n) is 16.1. The van der Waals surface area contributed by atoms with Crippen molar-refractivity contribution in [3.8, 4) is 11.4 Å². The summed E-state index contributed by atoms with van der Waals surface area (Å²) in [5, 5.41) is 16.6. The number of carbonyl (C=O) groups is 6. The van der Waals surface area contributed by atoms with Crippen molar-refractivity contribution >= 4 is 57.1 Å². The number of nitrogens with zero attached hydrogens (tertiary/aromatic N) is 6. The minimum Gasteiger partial charge on any atom is -0.382 e. The molecule has 6 aromatic rings. The van der Waals surface area contributed by atoms with Crippen LogP contribution in [0.25, 0.3) is 33.2 Å². The fourth-order valence-corrected chi connectivity index (χ4v) is 11.0. The average Bonchev–Trinajstić information content (AvgIpc) is 2.35. The first-order chi connectivity index (χ1) is 40.5. The molecule has 2 aromatic carbocycles.